The molecule has 1 aliphatic carbocycles. The SMILES string of the molecule is CCCC(C=O)N1Cc2c(SCc3cccc(CNC4CCCCC4)c3)cccc2C1=O. The highest BCUT2D eigenvalue weighted by molar-refractivity contribution is 7.98. The van der Waals surface area contributed by atoms with Crippen LogP contribution in [-0.2, 0) is 23.6 Å². The van der Waals surface area contributed by atoms with E-state index in [2.05, 4.69) is 35.6 Å². The molecule has 0 bridgehead atoms. The number of hydrogen-bond acceptors (Lipinski definition) is 4. The Hall–Kier alpha value is -2.11. The topological polar surface area (TPSA) is 49.4 Å². The molecule has 1 heterocycles. The molecule has 0 radical (unpaired) electrons. The maximum atomic E-state index is 12.9. The van der Waals surface area contributed by atoms with Crippen LogP contribution in [0, 0.1) is 0 Å². The predicted molar refractivity (Wildman–Crippen MR) is 131 cm³/mol. The number of carbonyl (C=O) groups excluding carboxylic acids is 2. The summed E-state index contributed by atoms with van der Waals surface area (Å²) in [7, 11) is 0. The average molecular weight is 451 g/mol. The Bertz CT molecular complexity index is 939. The van der Waals surface area contributed by atoms with Gasteiger partial charge in [-0.2, -0.15) is 0 Å². The van der Waals surface area contributed by atoms with Gasteiger partial charge in [-0.05, 0) is 48.1 Å². The molecular formula is C27H34N2O2S. The van der Waals surface area contributed by atoms with E-state index in [9.17, 15) is 9.59 Å². The van der Waals surface area contributed by atoms with E-state index < -0.39 is 0 Å². The zero-order chi connectivity index (χ0) is 22.3. The zero-order valence-electron chi connectivity index (χ0n) is 19.0. The van der Waals surface area contributed by atoms with Gasteiger partial charge >= 0.3 is 0 Å². The van der Waals surface area contributed by atoms with Gasteiger partial charge in [0.25, 0.3) is 5.91 Å². The van der Waals surface area contributed by atoms with Crippen molar-refractivity contribution >= 4 is 24.0 Å². The van der Waals surface area contributed by atoms with Gasteiger partial charge in [-0.15, -0.1) is 11.8 Å². The van der Waals surface area contributed by atoms with Crippen LogP contribution in [0.5, 0.6) is 0 Å². The van der Waals surface area contributed by atoms with E-state index in [4.69, 9.17) is 0 Å². The van der Waals surface area contributed by atoms with Gasteiger partial charge < -0.3 is 15.0 Å². The maximum absolute atomic E-state index is 12.9. The highest BCUT2D eigenvalue weighted by Crippen LogP contribution is 2.35. The first-order valence-electron chi connectivity index (χ1n) is 12.0. The Morgan fingerprint density at radius 1 is 1.12 bits per heavy atom. The molecule has 1 fully saturated rings. The van der Waals surface area contributed by atoms with E-state index in [-0.39, 0.29) is 11.9 Å². The molecule has 1 unspecified atom stereocenters. The number of nitrogens with one attached hydrogen (secondary N) is 1. The molecular weight excluding hydrogens is 416 g/mol. The van der Waals surface area contributed by atoms with Crippen LogP contribution in [0.1, 0.15) is 78.9 Å². The van der Waals surface area contributed by atoms with Crippen LogP contribution >= 0.6 is 11.8 Å². The number of hydrogen-bond donors (Lipinski definition) is 1. The lowest BCUT2D eigenvalue weighted by Gasteiger charge is -2.23. The largest absolute Gasteiger partial charge is 0.324 e. The van der Waals surface area contributed by atoms with Crippen LogP contribution in [-0.4, -0.2) is 29.2 Å². The van der Waals surface area contributed by atoms with Gasteiger partial charge in [0, 0.05) is 35.3 Å². The van der Waals surface area contributed by atoms with Crippen LogP contribution in [0.3, 0.4) is 0 Å². The Morgan fingerprint density at radius 3 is 2.69 bits per heavy atom. The summed E-state index contributed by atoms with van der Waals surface area (Å²) in [5, 5.41) is 3.73. The van der Waals surface area contributed by atoms with Crippen molar-refractivity contribution in [3.05, 3.63) is 64.7 Å². The molecule has 1 amide bonds. The van der Waals surface area contributed by atoms with Crippen LogP contribution in [0.4, 0.5) is 0 Å². The number of benzene rings is 2. The molecule has 1 saturated carbocycles. The molecule has 0 saturated heterocycles. The Kier molecular flexibility index (Phi) is 8.04. The Balaban J connectivity index is 1.39. The van der Waals surface area contributed by atoms with Gasteiger partial charge in [0.2, 0.25) is 0 Å². The first-order chi connectivity index (χ1) is 15.7. The third-order valence-corrected chi connectivity index (χ3v) is 7.85. The van der Waals surface area contributed by atoms with E-state index >= 15 is 0 Å². The summed E-state index contributed by atoms with van der Waals surface area (Å²) in [6, 6.07) is 15.1. The summed E-state index contributed by atoms with van der Waals surface area (Å²) in [6.07, 6.45) is 9.20. The second kappa shape index (κ2) is 11.2. The van der Waals surface area contributed by atoms with Crippen molar-refractivity contribution in [2.45, 2.75) is 87.7 Å². The molecule has 2 aromatic carbocycles. The average Bonchev–Trinajstić information content (AvgIpc) is 3.17. The fourth-order valence-electron chi connectivity index (χ4n) is 4.88. The normalized spacial score (nSPS) is 17.4. The van der Waals surface area contributed by atoms with Gasteiger partial charge in [0.05, 0.1) is 6.04 Å². The van der Waals surface area contributed by atoms with E-state index in [1.54, 1.807) is 16.7 Å². The molecule has 5 heteroatoms. The van der Waals surface area contributed by atoms with E-state index in [1.165, 1.54) is 43.2 Å². The fourth-order valence-corrected chi connectivity index (χ4v) is 5.91. The molecule has 1 atom stereocenters. The summed E-state index contributed by atoms with van der Waals surface area (Å²) < 4.78 is 0. The lowest BCUT2D eigenvalue weighted by molar-refractivity contribution is -0.112. The number of amides is 1. The van der Waals surface area contributed by atoms with E-state index in [1.807, 2.05) is 19.1 Å². The lowest BCUT2D eigenvalue weighted by atomic mass is 9.95. The number of rotatable bonds is 10. The predicted octanol–water partition coefficient (Wildman–Crippen LogP) is 5.72. The quantitative estimate of drug-likeness (QED) is 0.371. The number of fused-ring (bicyclic) bond motifs is 1. The number of carbonyl (C=O) groups is 2. The van der Waals surface area contributed by atoms with Gasteiger partial charge in [0.15, 0.2) is 0 Å². The monoisotopic (exact) mass is 450 g/mol. The summed E-state index contributed by atoms with van der Waals surface area (Å²) in [6.45, 7) is 3.51. The molecule has 2 aliphatic rings. The first-order valence-corrected chi connectivity index (χ1v) is 13.0. The molecule has 0 spiro atoms. The van der Waals surface area contributed by atoms with Crippen molar-refractivity contribution in [2.75, 3.05) is 0 Å². The van der Waals surface area contributed by atoms with Crippen molar-refractivity contribution in [1.82, 2.24) is 10.2 Å². The van der Waals surface area contributed by atoms with Crippen molar-refractivity contribution < 1.29 is 9.59 Å². The van der Waals surface area contributed by atoms with Crippen molar-refractivity contribution in [1.29, 1.82) is 0 Å². The van der Waals surface area contributed by atoms with Crippen molar-refractivity contribution in [2.24, 2.45) is 0 Å². The highest BCUT2D eigenvalue weighted by atomic mass is 32.2. The van der Waals surface area contributed by atoms with Crippen molar-refractivity contribution in [3.8, 4) is 0 Å². The van der Waals surface area contributed by atoms with Gasteiger partial charge in [-0.3, -0.25) is 4.79 Å². The fraction of sp³-hybridized carbons (Fsp3) is 0.481. The lowest BCUT2D eigenvalue weighted by Crippen LogP contribution is -2.36. The summed E-state index contributed by atoms with van der Waals surface area (Å²) in [5.41, 5.74) is 4.46. The third kappa shape index (κ3) is 5.44. The molecule has 170 valence electrons. The number of nitrogens with zero attached hydrogens (tertiary/aromatic N) is 1. The molecule has 0 aromatic heterocycles. The molecule has 1 N–H and O–H groups in total. The Morgan fingerprint density at radius 2 is 1.91 bits per heavy atom. The summed E-state index contributed by atoms with van der Waals surface area (Å²) >= 11 is 1.78. The molecule has 1 aliphatic heterocycles. The van der Waals surface area contributed by atoms with Crippen molar-refractivity contribution in [3.63, 3.8) is 0 Å². The van der Waals surface area contributed by atoms with Gasteiger partial charge in [-0.25, -0.2) is 0 Å². The minimum absolute atomic E-state index is 0.0104. The van der Waals surface area contributed by atoms with Crippen LogP contribution in [0.15, 0.2) is 47.4 Å². The van der Waals surface area contributed by atoms with Crippen LogP contribution < -0.4 is 5.32 Å². The smallest absolute Gasteiger partial charge is 0.255 e. The van der Waals surface area contributed by atoms with Crippen LogP contribution in [0.25, 0.3) is 0 Å². The molecule has 32 heavy (non-hydrogen) atoms. The standard InChI is InChI=1S/C27H34N2O2S/c1-2-8-23(18-30)29-17-25-24(27(29)31)13-7-14-26(25)32-19-21-10-6-9-20(15-21)16-28-22-11-4-3-5-12-22/h6-7,9-10,13-15,18,22-23,28H,2-5,8,11-12,16-17,19H2,1H3. The second-order valence-electron chi connectivity index (χ2n) is 9.03. The van der Waals surface area contributed by atoms with Gasteiger partial charge in [-0.1, -0.05) is 62.9 Å². The maximum Gasteiger partial charge on any atom is 0.255 e. The minimum Gasteiger partial charge on any atom is -0.324 e. The van der Waals surface area contributed by atoms with Gasteiger partial charge in [0.1, 0.15) is 6.29 Å². The molecule has 4 nitrogen and oxygen atoms in total. The molecule has 4 rings (SSSR count). The summed E-state index contributed by atoms with van der Waals surface area (Å²) in [5.74, 6) is 0.859. The number of thioether (sulfide) groups is 1. The third-order valence-electron chi connectivity index (χ3n) is 6.68. The van der Waals surface area contributed by atoms with E-state index in [0.29, 0.717) is 19.0 Å². The first kappa shape index (κ1) is 23.1. The molecule has 2 aromatic rings. The number of aldehydes is 1. The van der Waals surface area contributed by atoms with E-state index in [0.717, 1.165) is 41.0 Å². The Labute approximate surface area is 196 Å². The summed E-state index contributed by atoms with van der Waals surface area (Å²) in [4.78, 5) is 27.3. The second-order valence-corrected chi connectivity index (χ2v) is 10.0. The minimum atomic E-state index is -0.328. The zero-order valence-corrected chi connectivity index (χ0v) is 19.8. The highest BCUT2D eigenvalue weighted by Gasteiger charge is 2.33. The van der Waals surface area contributed by atoms with Crippen LogP contribution in [0.2, 0.25) is 0 Å².